The number of nitrogens with one attached hydrogen (secondary N) is 1. The van der Waals surface area contributed by atoms with Crippen molar-refractivity contribution in [2.24, 2.45) is 0 Å². The Bertz CT molecular complexity index is 554. The molecule has 110 valence electrons. The summed E-state index contributed by atoms with van der Waals surface area (Å²) in [4.78, 5) is 4.55. The van der Waals surface area contributed by atoms with E-state index in [1.165, 1.54) is 23.1 Å². The van der Waals surface area contributed by atoms with Crippen LogP contribution in [-0.4, -0.2) is 27.1 Å². The van der Waals surface area contributed by atoms with Gasteiger partial charge in [0.1, 0.15) is 5.65 Å². The highest BCUT2D eigenvalue weighted by molar-refractivity contribution is 7.98. The molecule has 0 fully saturated rings. The van der Waals surface area contributed by atoms with Gasteiger partial charge in [-0.05, 0) is 56.9 Å². The zero-order valence-corrected chi connectivity index (χ0v) is 13.8. The van der Waals surface area contributed by atoms with E-state index in [1.54, 1.807) is 0 Å². The summed E-state index contributed by atoms with van der Waals surface area (Å²) < 4.78 is 2.30. The molecule has 0 saturated carbocycles. The van der Waals surface area contributed by atoms with Crippen molar-refractivity contribution in [2.75, 3.05) is 12.0 Å². The fourth-order valence-electron chi connectivity index (χ4n) is 2.25. The standard InChI is InChI=1S/C16H25N3S/c1-16(2,3)18-11-13-12-19(9-6-10-20-4)15-14(13)7-5-8-17-15/h5,7-8,12,18H,6,9-11H2,1-4H3. The normalized spacial score (nSPS) is 12.2. The van der Waals surface area contributed by atoms with Gasteiger partial charge in [-0.3, -0.25) is 0 Å². The van der Waals surface area contributed by atoms with E-state index in [1.807, 2.05) is 24.0 Å². The van der Waals surface area contributed by atoms with E-state index in [0.717, 1.165) is 18.7 Å². The molecule has 3 nitrogen and oxygen atoms in total. The molecule has 0 aliphatic carbocycles. The molecular formula is C16H25N3S. The Morgan fingerprint density at radius 3 is 2.85 bits per heavy atom. The maximum atomic E-state index is 4.55. The minimum absolute atomic E-state index is 0.134. The van der Waals surface area contributed by atoms with E-state index in [0.29, 0.717) is 0 Å². The van der Waals surface area contributed by atoms with Gasteiger partial charge in [-0.25, -0.2) is 4.98 Å². The van der Waals surface area contributed by atoms with Gasteiger partial charge in [0, 0.05) is 36.4 Å². The monoisotopic (exact) mass is 291 g/mol. The van der Waals surface area contributed by atoms with Crippen molar-refractivity contribution in [3.63, 3.8) is 0 Å². The number of pyridine rings is 1. The summed E-state index contributed by atoms with van der Waals surface area (Å²) in [6, 6.07) is 4.20. The van der Waals surface area contributed by atoms with Gasteiger partial charge in [0.15, 0.2) is 0 Å². The first-order chi connectivity index (χ1) is 9.51. The quantitative estimate of drug-likeness (QED) is 0.823. The van der Waals surface area contributed by atoms with Crippen molar-refractivity contribution in [3.8, 4) is 0 Å². The number of hydrogen-bond acceptors (Lipinski definition) is 3. The Morgan fingerprint density at radius 2 is 2.15 bits per heavy atom. The Kier molecular flexibility index (Phi) is 5.11. The van der Waals surface area contributed by atoms with Gasteiger partial charge < -0.3 is 9.88 Å². The van der Waals surface area contributed by atoms with Crippen molar-refractivity contribution in [3.05, 3.63) is 30.1 Å². The van der Waals surface area contributed by atoms with Gasteiger partial charge in [-0.15, -0.1) is 0 Å². The molecule has 2 heterocycles. The second-order valence-corrected chi connectivity index (χ2v) is 7.16. The maximum Gasteiger partial charge on any atom is 0.140 e. The molecule has 0 radical (unpaired) electrons. The molecule has 0 atom stereocenters. The van der Waals surface area contributed by atoms with Gasteiger partial charge in [0.05, 0.1) is 0 Å². The third-order valence-corrected chi connectivity index (χ3v) is 3.97. The smallest absolute Gasteiger partial charge is 0.140 e. The van der Waals surface area contributed by atoms with Crippen LogP contribution in [0.4, 0.5) is 0 Å². The average Bonchev–Trinajstić information content (AvgIpc) is 2.75. The van der Waals surface area contributed by atoms with Crippen molar-refractivity contribution in [1.82, 2.24) is 14.9 Å². The molecule has 20 heavy (non-hydrogen) atoms. The number of thioether (sulfide) groups is 1. The van der Waals surface area contributed by atoms with E-state index in [4.69, 9.17) is 0 Å². The molecule has 2 rings (SSSR count). The lowest BCUT2D eigenvalue weighted by atomic mass is 10.1. The second kappa shape index (κ2) is 6.64. The molecule has 4 heteroatoms. The Balaban J connectivity index is 2.21. The lowest BCUT2D eigenvalue weighted by molar-refractivity contribution is 0.425. The first-order valence-corrected chi connectivity index (χ1v) is 8.57. The van der Waals surface area contributed by atoms with Gasteiger partial charge in [-0.2, -0.15) is 11.8 Å². The first kappa shape index (κ1) is 15.4. The van der Waals surface area contributed by atoms with Crippen LogP contribution in [0.1, 0.15) is 32.8 Å². The molecule has 1 N–H and O–H groups in total. The van der Waals surface area contributed by atoms with Crippen LogP contribution >= 0.6 is 11.8 Å². The summed E-state index contributed by atoms with van der Waals surface area (Å²) in [5.41, 5.74) is 2.58. The highest BCUT2D eigenvalue weighted by Crippen LogP contribution is 2.20. The van der Waals surface area contributed by atoms with Gasteiger partial charge in [0.25, 0.3) is 0 Å². The minimum Gasteiger partial charge on any atom is -0.332 e. The Morgan fingerprint density at radius 1 is 1.35 bits per heavy atom. The molecule has 0 spiro atoms. The fraction of sp³-hybridized carbons (Fsp3) is 0.562. The SMILES string of the molecule is CSCCCn1cc(CNC(C)(C)C)c2cccnc21. The molecule has 0 unspecified atom stereocenters. The van der Waals surface area contributed by atoms with Crippen LogP contribution < -0.4 is 5.32 Å². The molecule has 2 aromatic heterocycles. The minimum atomic E-state index is 0.134. The second-order valence-electron chi connectivity index (χ2n) is 6.17. The largest absolute Gasteiger partial charge is 0.332 e. The molecule has 0 amide bonds. The van der Waals surface area contributed by atoms with Gasteiger partial charge in [-0.1, -0.05) is 0 Å². The number of hydrogen-bond donors (Lipinski definition) is 1. The van der Waals surface area contributed by atoms with Gasteiger partial charge >= 0.3 is 0 Å². The lowest BCUT2D eigenvalue weighted by Gasteiger charge is -2.20. The molecule has 2 aromatic rings. The zero-order valence-electron chi connectivity index (χ0n) is 12.9. The van der Waals surface area contributed by atoms with Crippen LogP contribution in [-0.2, 0) is 13.1 Å². The van der Waals surface area contributed by atoms with E-state index in [9.17, 15) is 0 Å². The zero-order chi connectivity index (χ0) is 14.6. The molecule has 0 aliphatic rings. The summed E-state index contributed by atoms with van der Waals surface area (Å²) in [5.74, 6) is 1.20. The molecule has 0 aliphatic heterocycles. The molecule has 0 aromatic carbocycles. The highest BCUT2D eigenvalue weighted by atomic mass is 32.2. The average molecular weight is 291 g/mol. The van der Waals surface area contributed by atoms with Crippen LogP contribution in [0.3, 0.4) is 0 Å². The first-order valence-electron chi connectivity index (χ1n) is 7.18. The molecular weight excluding hydrogens is 266 g/mol. The number of rotatable bonds is 6. The van der Waals surface area contributed by atoms with Crippen LogP contribution in [0.25, 0.3) is 11.0 Å². The number of nitrogens with zero attached hydrogens (tertiary/aromatic N) is 2. The summed E-state index contributed by atoms with van der Waals surface area (Å²) >= 11 is 1.90. The van der Waals surface area contributed by atoms with Crippen molar-refractivity contribution in [2.45, 2.75) is 45.8 Å². The Hall–Kier alpha value is -1.00. The van der Waals surface area contributed by atoms with Crippen LogP contribution in [0.2, 0.25) is 0 Å². The van der Waals surface area contributed by atoms with E-state index in [2.05, 4.69) is 54.2 Å². The molecule has 0 saturated heterocycles. The van der Waals surface area contributed by atoms with Crippen LogP contribution in [0.15, 0.2) is 24.5 Å². The predicted octanol–water partition coefficient (Wildman–Crippen LogP) is 3.68. The van der Waals surface area contributed by atoms with Crippen LogP contribution in [0.5, 0.6) is 0 Å². The van der Waals surface area contributed by atoms with E-state index >= 15 is 0 Å². The third-order valence-electron chi connectivity index (χ3n) is 3.27. The summed E-state index contributed by atoms with van der Waals surface area (Å²) in [6.07, 6.45) is 7.49. The van der Waals surface area contributed by atoms with E-state index < -0.39 is 0 Å². The van der Waals surface area contributed by atoms with Crippen molar-refractivity contribution in [1.29, 1.82) is 0 Å². The summed E-state index contributed by atoms with van der Waals surface area (Å²) in [5, 5.41) is 4.84. The van der Waals surface area contributed by atoms with Crippen molar-refractivity contribution < 1.29 is 0 Å². The van der Waals surface area contributed by atoms with E-state index in [-0.39, 0.29) is 5.54 Å². The van der Waals surface area contributed by atoms with Crippen LogP contribution in [0, 0.1) is 0 Å². The summed E-state index contributed by atoms with van der Waals surface area (Å²) in [6.45, 7) is 8.53. The Labute approximate surface area is 126 Å². The highest BCUT2D eigenvalue weighted by Gasteiger charge is 2.13. The van der Waals surface area contributed by atoms with Crippen molar-refractivity contribution >= 4 is 22.8 Å². The third kappa shape index (κ3) is 4.00. The number of aryl methyl sites for hydroxylation is 1. The molecule has 0 bridgehead atoms. The summed E-state index contributed by atoms with van der Waals surface area (Å²) in [7, 11) is 0. The topological polar surface area (TPSA) is 29.9 Å². The fourth-order valence-corrected chi connectivity index (χ4v) is 2.66. The number of aromatic nitrogens is 2. The predicted molar refractivity (Wildman–Crippen MR) is 89.3 cm³/mol. The number of fused-ring (bicyclic) bond motifs is 1. The maximum absolute atomic E-state index is 4.55. The lowest BCUT2D eigenvalue weighted by Crippen LogP contribution is -2.34. The van der Waals surface area contributed by atoms with Gasteiger partial charge in [0.2, 0.25) is 0 Å².